The third kappa shape index (κ3) is 2.41. The lowest BCUT2D eigenvalue weighted by atomic mass is 9.96. The highest BCUT2D eigenvalue weighted by molar-refractivity contribution is 6.01. The van der Waals surface area contributed by atoms with Crippen LogP contribution < -0.4 is 0 Å². The maximum atomic E-state index is 5.10. The van der Waals surface area contributed by atoms with Gasteiger partial charge in [-0.1, -0.05) is 19.4 Å². The molecule has 13 heavy (non-hydrogen) atoms. The van der Waals surface area contributed by atoms with E-state index < -0.39 is 0 Å². The zero-order valence-corrected chi connectivity index (χ0v) is 8.79. The van der Waals surface area contributed by atoms with Crippen molar-refractivity contribution in [3.8, 4) is 0 Å². The molecule has 0 amide bonds. The van der Waals surface area contributed by atoms with Crippen LogP contribution in [0, 0.1) is 5.92 Å². The van der Waals surface area contributed by atoms with Gasteiger partial charge in [-0.3, -0.25) is 4.42 Å². The van der Waals surface area contributed by atoms with Crippen LogP contribution in [0.1, 0.15) is 20.8 Å². The summed E-state index contributed by atoms with van der Waals surface area (Å²) in [7, 11) is 1.69. The van der Waals surface area contributed by atoms with Crippen molar-refractivity contribution >= 4 is 5.78 Å². The summed E-state index contributed by atoms with van der Waals surface area (Å²) in [5.74, 6) is 1.52. The van der Waals surface area contributed by atoms with E-state index in [2.05, 4.69) is 32.9 Å². The Hall–Kier alpha value is -1.11. The van der Waals surface area contributed by atoms with Crippen LogP contribution in [0.25, 0.3) is 0 Å². The maximum absolute atomic E-state index is 5.10. The van der Waals surface area contributed by atoms with E-state index in [4.69, 9.17) is 4.42 Å². The molecule has 1 aliphatic carbocycles. The van der Waals surface area contributed by atoms with Gasteiger partial charge in [0, 0.05) is 12.2 Å². The SMILES string of the molecule is C[O+]=C1C=CC(=C(C)C(C)C)C=C1. The monoisotopic (exact) mass is 177 g/mol. The molecule has 1 aliphatic rings. The minimum atomic E-state index is 0.605. The third-order valence-electron chi connectivity index (χ3n) is 2.41. The Morgan fingerprint density at radius 2 is 1.69 bits per heavy atom. The summed E-state index contributed by atoms with van der Waals surface area (Å²) >= 11 is 0. The smallest absolute Gasteiger partial charge is 0.258 e. The lowest BCUT2D eigenvalue weighted by Crippen LogP contribution is -1.99. The van der Waals surface area contributed by atoms with Gasteiger partial charge in [0.05, 0.1) is 0 Å². The molecule has 0 aliphatic heterocycles. The fourth-order valence-corrected chi connectivity index (χ4v) is 1.19. The molecule has 1 rings (SSSR count). The highest BCUT2D eigenvalue weighted by atomic mass is 16.4. The van der Waals surface area contributed by atoms with Gasteiger partial charge < -0.3 is 0 Å². The van der Waals surface area contributed by atoms with Crippen molar-refractivity contribution < 1.29 is 4.42 Å². The van der Waals surface area contributed by atoms with Crippen molar-refractivity contribution in [2.45, 2.75) is 20.8 Å². The van der Waals surface area contributed by atoms with Crippen LogP contribution in [-0.2, 0) is 4.42 Å². The Morgan fingerprint density at radius 1 is 1.15 bits per heavy atom. The topological polar surface area (TPSA) is 11.3 Å². The first kappa shape index (κ1) is 9.97. The second kappa shape index (κ2) is 4.22. The van der Waals surface area contributed by atoms with E-state index in [1.165, 1.54) is 11.1 Å². The van der Waals surface area contributed by atoms with Crippen molar-refractivity contribution in [1.82, 2.24) is 0 Å². The molecular formula is C12H17O+. The van der Waals surface area contributed by atoms with Crippen LogP contribution in [0.15, 0.2) is 35.5 Å². The molecule has 0 unspecified atom stereocenters. The summed E-state index contributed by atoms with van der Waals surface area (Å²) in [6.45, 7) is 6.59. The van der Waals surface area contributed by atoms with Crippen molar-refractivity contribution in [2.24, 2.45) is 5.92 Å². The first-order chi connectivity index (χ1) is 6.15. The molecule has 1 nitrogen and oxygen atoms in total. The number of carbonyl (C=O) groups excluding carboxylic acids is 1. The van der Waals surface area contributed by atoms with Gasteiger partial charge in [-0.05, 0) is 30.6 Å². The van der Waals surface area contributed by atoms with Gasteiger partial charge in [-0.2, -0.15) is 0 Å². The molecule has 0 aromatic heterocycles. The molecule has 0 N–H and O–H groups in total. The van der Waals surface area contributed by atoms with Gasteiger partial charge in [-0.25, -0.2) is 0 Å². The Kier molecular flexibility index (Phi) is 3.24. The van der Waals surface area contributed by atoms with Gasteiger partial charge in [0.15, 0.2) is 0 Å². The first-order valence-electron chi connectivity index (χ1n) is 4.63. The Bertz CT molecular complexity index is 283. The lowest BCUT2D eigenvalue weighted by molar-refractivity contribution is -0.417. The summed E-state index contributed by atoms with van der Waals surface area (Å²) in [6, 6.07) is 0. The molecular weight excluding hydrogens is 160 g/mol. The first-order valence-corrected chi connectivity index (χ1v) is 4.63. The quantitative estimate of drug-likeness (QED) is 0.546. The van der Waals surface area contributed by atoms with Crippen LogP contribution in [0.5, 0.6) is 0 Å². The van der Waals surface area contributed by atoms with Gasteiger partial charge in [0.1, 0.15) is 0 Å². The highest BCUT2D eigenvalue weighted by Gasteiger charge is 2.08. The Balaban J connectivity index is 2.91. The molecule has 0 spiro atoms. The lowest BCUT2D eigenvalue weighted by Gasteiger charge is -2.09. The number of hydrogen-bond donors (Lipinski definition) is 0. The molecule has 70 valence electrons. The largest absolute Gasteiger partial charge is 0.343 e. The van der Waals surface area contributed by atoms with Gasteiger partial charge >= 0.3 is 5.78 Å². The van der Waals surface area contributed by atoms with Crippen LogP contribution in [0.4, 0.5) is 0 Å². The highest BCUT2D eigenvalue weighted by Crippen LogP contribution is 2.18. The van der Waals surface area contributed by atoms with E-state index in [-0.39, 0.29) is 0 Å². The van der Waals surface area contributed by atoms with E-state index in [9.17, 15) is 0 Å². The molecule has 0 aromatic rings. The number of hydrogen-bond acceptors (Lipinski definition) is 0. The zero-order chi connectivity index (χ0) is 9.84. The fraction of sp³-hybridized carbons (Fsp3) is 0.417. The Labute approximate surface area is 80.2 Å². The minimum absolute atomic E-state index is 0.605. The van der Waals surface area contributed by atoms with E-state index in [0.717, 1.165) is 5.78 Å². The van der Waals surface area contributed by atoms with Gasteiger partial charge in [0.2, 0.25) is 0 Å². The molecule has 0 bridgehead atoms. The van der Waals surface area contributed by atoms with E-state index >= 15 is 0 Å². The summed E-state index contributed by atoms with van der Waals surface area (Å²) < 4.78 is 5.10. The van der Waals surface area contributed by atoms with Crippen molar-refractivity contribution in [3.05, 3.63) is 35.5 Å². The predicted molar refractivity (Wildman–Crippen MR) is 56.7 cm³/mol. The molecule has 0 saturated heterocycles. The second-order valence-electron chi connectivity index (χ2n) is 3.57. The molecule has 0 heterocycles. The van der Waals surface area contributed by atoms with Crippen LogP contribution in [0.3, 0.4) is 0 Å². The van der Waals surface area contributed by atoms with Crippen LogP contribution >= 0.6 is 0 Å². The second-order valence-corrected chi connectivity index (χ2v) is 3.57. The summed E-state index contributed by atoms with van der Waals surface area (Å²) in [5, 5.41) is 0. The minimum Gasteiger partial charge on any atom is -0.258 e. The molecule has 0 saturated carbocycles. The van der Waals surface area contributed by atoms with Crippen molar-refractivity contribution in [1.29, 1.82) is 0 Å². The summed E-state index contributed by atoms with van der Waals surface area (Å²) in [5.41, 5.74) is 2.72. The zero-order valence-electron chi connectivity index (χ0n) is 8.79. The van der Waals surface area contributed by atoms with Crippen molar-refractivity contribution in [2.75, 3.05) is 7.11 Å². The third-order valence-corrected chi connectivity index (χ3v) is 2.41. The summed E-state index contributed by atoms with van der Waals surface area (Å²) in [6.07, 6.45) is 8.21. The molecule has 0 atom stereocenters. The maximum Gasteiger partial charge on any atom is 0.343 e. The average molecular weight is 177 g/mol. The van der Waals surface area contributed by atoms with Crippen LogP contribution in [-0.4, -0.2) is 12.9 Å². The molecule has 0 radical (unpaired) electrons. The van der Waals surface area contributed by atoms with E-state index in [1.807, 2.05) is 12.2 Å². The summed E-state index contributed by atoms with van der Waals surface area (Å²) in [4.78, 5) is 0. The fourth-order valence-electron chi connectivity index (χ4n) is 1.19. The van der Waals surface area contributed by atoms with Gasteiger partial charge in [-0.15, -0.1) is 0 Å². The van der Waals surface area contributed by atoms with Gasteiger partial charge in [0.25, 0.3) is 7.11 Å². The number of rotatable bonds is 1. The van der Waals surface area contributed by atoms with E-state index in [1.54, 1.807) is 7.11 Å². The standard InChI is InChI=1S/C12H17O/c1-9(2)10(3)11-5-7-12(13-4)8-6-11/h5-9H,1-4H3/q+1. The normalized spacial score (nSPS) is 15.5. The van der Waals surface area contributed by atoms with Crippen LogP contribution in [0.2, 0.25) is 0 Å². The van der Waals surface area contributed by atoms with Crippen molar-refractivity contribution in [3.63, 3.8) is 0 Å². The average Bonchev–Trinajstić information content (AvgIpc) is 2.17. The molecule has 0 aromatic carbocycles. The molecule has 1 heteroatoms. The van der Waals surface area contributed by atoms with E-state index in [0.29, 0.717) is 5.92 Å². The predicted octanol–water partition coefficient (Wildman–Crippen LogP) is 2.82. The Morgan fingerprint density at radius 3 is 2.08 bits per heavy atom. The number of ketones is 1. The molecule has 0 fully saturated rings. The number of allylic oxidation sites excluding steroid dienone is 6.